The number of rotatable bonds is 1. The number of hydrogen-bond acceptors (Lipinski definition) is 2. The van der Waals surface area contributed by atoms with Crippen LogP contribution in [0, 0.1) is 0 Å². The summed E-state index contributed by atoms with van der Waals surface area (Å²) < 4.78 is 42.9. The molecule has 0 aliphatic carbocycles. The molecule has 0 atom stereocenters. The van der Waals surface area contributed by atoms with E-state index in [9.17, 15) is 18.0 Å². The average molecular weight is 392 g/mol. The summed E-state index contributed by atoms with van der Waals surface area (Å²) in [5.74, 6) is -0.815. The second kappa shape index (κ2) is 6.23. The number of nitrogens with one attached hydrogen (secondary N) is 2. The Bertz CT molecular complexity index is 478. The summed E-state index contributed by atoms with van der Waals surface area (Å²) in [7, 11) is 0. The van der Waals surface area contributed by atoms with Crippen molar-refractivity contribution >= 4 is 46.5 Å². The second-order valence-electron chi connectivity index (χ2n) is 3.06. The van der Waals surface area contributed by atoms with E-state index in [1.54, 1.807) is 22.9 Å². The van der Waals surface area contributed by atoms with Crippen molar-refractivity contribution in [2.75, 3.05) is 0 Å². The van der Waals surface area contributed by atoms with Gasteiger partial charge in [-0.1, -0.05) is 6.07 Å². The lowest BCUT2D eigenvalue weighted by Gasteiger charge is -2.09. The van der Waals surface area contributed by atoms with Crippen molar-refractivity contribution in [2.45, 2.75) is 6.18 Å². The molecule has 98 valence electrons. The van der Waals surface area contributed by atoms with Crippen molar-refractivity contribution in [3.8, 4) is 0 Å². The van der Waals surface area contributed by atoms with Crippen LogP contribution in [0.3, 0.4) is 0 Å². The maximum absolute atomic E-state index is 12.4. The van der Waals surface area contributed by atoms with Crippen LogP contribution in [0.1, 0.15) is 15.9 Å². The third-order valence-corrected chi connectivity index (χ3v) is 2.54. The van der Waals surface area contributed by atoms with Crippen LogP contribution >= 0.6 is 34.6 Å². The molecule has 1 aromatic carbocycles. The standard InChI is InChI=1S/C9H6ClF3IN3O/c10-16-8(17-14)15-7(18)5-2-1-3-6(4-5)9(11,12)13/h1-4H,(H2,15,16,17,18). The molecule has 0 bridgehead atoms. The molecule has 0 spiro atoms. The molecule has 0 aliphatic heterocycles. The SMILES string of the molecule is O=C(NC(=NCl)NI)c1cccc(C(F)(F)F)c1. The summed E-state index contributed by atoms with van der Waals surface area (Å²) in [6, 6.07) is 4.02. The van der Waals surface area contributed by atoms with Gasteiger partial charge < -0.3 is 0 Å². The maximum Gasteiger partial charge on any atom is 0.416 e. The Morgan fingerprint density at radius 3 is 2.56 bits per heavy atom. The summed E-state index contributed by atoms with van der Waals surface area (Å²) in [5, 5.41) is 2.20. The molecule has 0 aliphatic rings. The number of amides is 1. The molecular formula is C9H6ClF3IN3O. The minimum Gasteiger partial charge on any atom is -0.298 e. The monoisotopic (exact) mass is 391 g/mol. The summed E-state index contributed by atoms with van der Waals surface area (Å²) in [5.41, 5.74) is -1.05. The van der Waals surface area contributed by atoms with E-state index in [4.69, 9.17) is 11.8 Å². The van der Waals surface area contributed by atoms with Gasteiger partial charge in [0.05, 0.1) is 28.4 Å². The molecule has 0 saturated heterocycles. The number of carbonyl (C=O) groups excluding carboxylic acids is 1. The van der Waals surface area contributed by atoms with Crippen LogP contribution < -0.4 is 8.85 Å². The van der Waals surface area contributed by atoms with E-state index in [2.05, 4.69) is 13.4 Å². The first-order valence-electron chi connectivity index (χ1n) is 4.42. The van der Waals surface area contributed by atoms with E-state index in [1.807, 2.05) is 0 Å². The molecule has 0 unspecified atom stereocenters. The molecule has 18 heavy (non-hydrogen) atoms. The summed E-state index contributed by atoms with van der Waals surface area (Å²) >= 11 is 6.79. The van der Waals surface area contributed by atoms with Gasteiger partial charge in [0.1, 0.15) is 0 Å². The van der Waals surface area contributed by atoms with Gasteiger partial charge in [0.25, 0.3) is 5.91 Å². The van der Waals surface area contributed by atoms with Gasteiger partial charge in [0, 0.05) is 17.3 Å². The lowest BCUT2D eigenvalue weighted by Crippen LogP contribution is -2.36. The van der Waals surface area contributed by atoms with Crippen LogP contribution in [0.5, 0.6) is 0 Å². The minimum atomic E-state index is -4.50. The second-order valence-corrected chi connectivity index (χ2v) is 3.77. The van der Waals surface area contributed by atoms with Crippen molar-refractivity contribution in [2.24, 2.45) is 4.51 Å². The molecule has 1 rings (SSSR count). The minimum absolute atomic E-state index is 0.0697. The number of benzene rings is 1. The summed E-state index contributed by atoms with van der Waals surface area (Å²) in [4.78, 5) is 11.6. The van der Waals surface area contributed by atoms with Gasteiger partial charge in [-0.15, -0.1) is 4.51 Å². The number of guanidine groups is 1. The Morgan fingerprint density at radius 1 is 1.39 bits per heavy atom. The van der Waals surface area contributed by atoms with Crippen molar-refractivity contribution in [3.05, 3.63) is 35.4 Å². The normalized spacial score (nSPS) is 12.2. The molecule has 0 fully saturated rings. The van der Waals surface area contributed by atoms with Gasteiger partial charge in [-0.2, -0.15) is 13.2 Å². The van der Waals surface area contributed by atoms with Crippen LogP contribution in [0.25, 0.3) is 0 Å². The Kier molecular flexibility index (Phi) is 5.20. The number of halogens is 5. The maximum atomic E-state index is 12.4. The Morgan fingerprint density at radius 2 is 2.06 bits per heavy atom. The first-order valence-corrected chi connectivity index (χ1v) is 5.84. The zero-order chi connectivity index (χ0) is 13.8. The van der Waals surface area contributed by atoms with Crippen molar-refractivity contribution in [1.82, 2.24) is 8.85 Å². The van der Waals surface area contributed by atoms with E-state index in [1.165, 1.54) is 6.07 Å². The molecule has 1 amide bonds. The van der Waals surface area contributed by atoms with Gasteiger partial charge >= 0.3 is 6.18 Å². The van der Waals surface area contributed by atoms with E-state index in [0.717, 1.165) is 18.2 Å². The van der Waals surface area contributed by atoms with E-state index < -0.39 is 17.6 Å². The molecule has 0 radical (unpaired) electrons. The fraction of sp³-hybridized carbons (Fsp3) is 0.111. The van der Waals surface area contributed by atoms with Crippen molar-refractivity contribution in [1.29, 1.82) is 0 Å². The first kappa shape index (κ1) is 15.0. The molecule has 1 aromatic rings. The number of carbonyl (C=O) groups is 1. The van der Waals surface area contributed by atoms with Gasteiger partial charge in [-0.3, -0.25) is 13.6 Å². The molecular weight excluding hydrogens is 385 g/mol. The molecule has 2 N–H and O–H groups in total. The van der Waals surface area contributed by atoms with Gasteiger partial charge in [-0.25, -0.2) is 0 Å². The Hall–Kier alpha value is -1.03. The van der Waals surface area contributed by atoms with Crippen LogP contribution in [-0.2, 0) is 6.18 Å². The highest BCUT2D eigenvalue weighted by Crippen LogP contribution is 2.29. The van der Waals surface area contributed by atoms with E-state index in [0.29, 0.717) is 0 Å². The highest BCUT2D eigenvalue weighted by atomic mass is 127. The van der Waals surface area contributed by atoms with E-state index >= 15 is 0 Å². The predicted molar refractivity (Wildman–Crippen MR) is 69.4 cm³/mol. The molecule has 0 saturated carbocycles. The Balaban J connectivity index is 2.94. The lowest BCUT2D eigenvalue weighted by molar-refractivity contribution is -0.137. The zero-order valence-electron chi connectivity index (χ0n) is 8.55. The topological polar surface area (TPSA) is 53.5 Å². The largest absolute Gasteiger partial charge is 0.416 e. The first-order chi connectivity index (χ1) is 8.38. The number of nitrogens with zero attached hydrogens (tertiary/aromatic N) is 1. The van der Waals surface area contributed by atoms with Crippen molar-refractivity contribution < 1.29 is 18.0 Å². The van der Waals surface area contributed by atoms with Crippen molar-refractivity contribution in [3.63, 3.8) is 0 Å². The van der Waals surface area contributed by atoms with Crippen LogP contribution in [0.15, 0.2) is 28.8 Å². The van der Waals surface area contributed by atoms with E-state index in [-0.39, 0.29) is 11.5 Å². The van der Waals surface area contributed by atoms with Crippen LogP contribution in [0.4, 0.5) is 13.2 Å². The average Bonchev–Trinajstić information content (AvgIpc) is 2.34. The summed E-state index contributed by atoms with van der Waals surface area (Å²) in [6.45, 7) is 0. The van der Waals surface area contributed by atoms with Gasteiger partial charge in [0.2, 0.25) is 5.96 Å². The lowest BCUT2D eigenvalue weighted by atomic mass is 10.1. The van der Waals surface area contributed by atoms with Gasteiger partial charge in [-0.05, 0) is 18.2 Å². The fourth-order valence-corrected chi connectivity index (χ4v) is 1.56. The summed E-state index contributed by atoms with van der Waals surface area (Å²) in [6.07, 6.45) is -4.50. The molecule has 9 heteroatoms. The van der Waals surface area contributed by atoms with Gasteiger partial charge in [0.15, 0.2) is 0 Å². The zero-order valence-corrected chi connectivity index (χ0v) is 11.5. The molecule has 0 heterocycles. The fourth-order valence-electron chi connectivity index (χ4n) is 1.08. The number of alkyl halides is 3. The molecule has 4 nitrogen and oxygen atoms in total. The van der Waals surface area contributed by atoms with Crippen LogP contribution in [-0.4, -0.2) is 11.9 Å². The number of hydrogen-bond donors (Lipinski definition) is 2. The van der Waals surface area contributed by atoms with Crippen LogP contribution in [0.2, 0.25) is 0 Å². The molecule has 0 aromatic heterocycles. The Labute approximate surface area is 119 Å². The highest BCUT2D eigenvalue weighted by Gasteiger charge is 2.30. The smallest absolute Gasteiger partial charge is 0.298 e. The third kappa shape index (κ3) is 4.02. The predicted octanol–water partition coefficient (Wildman–Crippen LogP) is 2.88. The third-order valence-electron chi connectivity index (χ3n) is 1.86. The quantitative estimate of drug-likeness (QED) is 0.335. The highest BCUT2D eigenvalue weighted by molar-refractivity contribution is 14.1.